The molecule has 0 spiro atoms. The molecule has 1 saturated heterocycles. The standard InChI is InChI=1S/C18H36N4O5S.HI/c1-5-19-18(20-9-7-8-17(23)26-6-2)21-10-12-22(13-11-21)28(24,25)15-14-27-16(3)4;/h16H,5-15H2,1-4H3,(H,19,20);1H. The molecule has 1 aliphatic rings. The van der Waals surface area contributed by atoms with E-state index >= 15 is 0 Å². The van der Waals surface area contributed by atoms with E-state index in [9.17, 15) is 13.2 Å². The first kappa shape index (κ1) is 28.3. The molecule has 0 amide bonds. The predicted molar refractivity (Wildman–Crippen MR) is 125 cm³/mol. The predicted octanol–water partition coefficient (Wildman–Crippen LogP) is 1.29. The molecule has 0 aromatic heterocycles. The number of nitrogens with one attached hydrogen (secondary N) is 1. The van der Waals surface area contributed by atoms with E-state index < -0.39 is 10.0 Å². The van der Waals surface area contributed by atoms with Crippen LogP contribution in [-0.2, 0) is 24.3 Å². The van der Waals surface area contributed by atoms with Crippen LogP contribution in [0.1, 0.15) is 40.5 Å². The summed E-state index contributed by atoms with van der Waals surface area (Å²) in [5, 5.41) is 3.24. The molecule has 1 aliphatic heterocycles. The van der Waals surface area contributed by atoms with Gasteiger partial charge in [-0.3, -0.25) is 9.79 Å². The molecule has 0 saturated carbocycles. The number of nitrogens with zero attached hydrogens (tertiary/aromatic N) is 3. The lowest BCUT2D eigenvalue weighted by Crippen LogP contribution is -2.54. The number of esters is 1. The molecule has 11 heteroatoms. The van der Waals surface area contributed by atoms with Crippen LogP contribution in [0.5, 0.6) is 0 Å². The van der Waals surface area contributed by atoms with Crippen LogP contribution in [0.3, 0.4) is 0 Å². The number of aliphatic imine (C=N–C) groups is 1. The molecule has 9 nitrogen and oxygen atoms in total. The number of sulfonamides is 1. The van der Waals surface area contributed by atoms with E-state index in [1.54, 1.807) is 6.92 Å². The average Bonchev–Trinajstić information content (AvgIpc) is 2.64. The Morgan fingerprint density at radius 1 is 1.17 bits per heavy atom. The van der Waals surface area contributed by atoms with Gasteiger partial charge < -0.3 is 19.7 Å². The lowest BCUT2D eigenvalue weighted by Gasteiger charge is -2.35. The number of halogens is 1. The molecular formula is C18H37IN4O5S. The fourth-order valence-corrected chi connectivity index (χ4v) is 4.05. The molecule has 172 valence electrons. The van der Waals surface area contributed by atoms with Gasteiger partial charge in [-0.25, -0.2) is 8.42 Å². The Bertz CT molecular complexity index is 593. The number of hydrogen-bond acceptors (Lipinski definition) is 6. The summed E-state index contributed by atoms with van der Waals surface area (Å²) in [6, 6.07) is 0. The topological polar surface area (TPSA) is 101 Å². The molecule has 0 bridgehead atoms. The molecule has 0 radical (unpaired) electrons. The second-order valence-corrected chi connectivity index (χ2v) is 8.85. The van der Waals surface area contributed by atoms with Crippen LogP contribution in [-0.4, -0.2) is 93.9 Å². The highest BCUT2D eigenvalue weighted by Gasteiger charge is 2.28. The summed E-state index contributed by atoms with van der Waals surface area (Å²) in [4.78, 5) is 18.0. The van der Waals surface area contributed by atoms with Crippen molar-refractivity contribution >= 4 is 45.9 Å². The van der Waals surface area contributed by atoms with E-state index in [1.807, 2.05) is 20.8 Å². The SMILES string of the molecule is CCNC(=NCCCC(=O)OCC)N1CCN(S(=O)(=O)CCOC(C)C)CC1.I. The van der Waals surface area contributed by atoms with Crippen LogP contribution in [0.25, 0.3) is 0 Å². The average molecular weight is 548 g/mol. The number of rotatable bonds is 11. The van der Waals surface area contributed by atoms with Gasteiger partial charge in [-0.1, -0.05) is 0 Å². The van der Waals surface area contributed by atoms with Crippen molar-refractivity contribution in [2.45, 2.75) is 46.6 Å². The van der Waals surface area contributed by atoms with Gasteiger partial charge in [-0.2, -0.15) is 4.31 Å². The maximum Gasteiger partial charge on any atom is 0.305 e. The maximum absolute atomic E-state index is 12.4. The lowest BCUT2D eigenvalue weighted by atomic mass is 10.3. The Balaban J connectivity index is 0.00000784. The molecule has 29 heavy (non-hydrogen) atoms. The van der Waals surface area contributed by atoms with Crippen molar-refractivity contribution in [1.29, 1.82) is 0 Å². The summed E-state index contributed by atoms with van der Waals surface area (Å²) >= 11 is 0. The van der Waals surface area contributed by atoms with E-state index in [0.29, 0.717) is 52.2 Å². The number of carbonyl (C=O) groups is 1. The highest BCUT2D eigenvalue weighted by molar-refractivity contribution is 14.0. The normalized spacial score (nSPS) is 15.9. The van der Waals surface area contributed by atoms with Crippen LogP contribution < -0.4 is 5.32 Å². The molecule has 0 aromatic carbocycles. The van der Waals surface area contributed by atoms with Crippen LogP contribution in [0.2, 0.25) is 0 Å². The van der Waals surface area contributed by atoms with Crippen LogP contribution in [0, 0.1) is 0 Å². The molecule has 1 N–H and O–H groups in total. The van der Waals surface area contributed by atoms with E-state index in [4.69, 9.17) is 9.47 Å². The van der Waals surface area contributed by atoms with Crippen molar-refractivity contribution in [2.24, 2.45) is 4.99 Å². The van der Waals surface area contributed by atoms with E-state index in [0.717, 1.165) is 12.5 Å². The van der Waals surface area contributed by atoms with Crippen molar-refractivity contribution < 1.29 is 22.7 Å². The fraction of sp³-hybridized carbons (Fsp3) is 0.889. The summed E-state index contributed by atoms with van der Waals surface area (Å²) < 4.78 is 36.7. The zero-order valence-electron chi connectivity index (χ0n) is 18.1. The van der Waals surface area contributed by atoms with Crippen LogP contribution in [0.15, 0.2) is 4.99 Å². The summed E-state index contributed by atoms with van der Waals surface area (Å²) in [7, 11) is -3.31. The van der Waals surface area contributed by atoms with Gasteiger partial charge in [0, 0.05) is 45.7 Å². The molecule has 0 aliphatic carbocycles. The summed E-state index contributed by atoms with van der Waals surface area (Å²) in [5.41, 5.74) is 0. The van der Waals surface area contributed by atoms with Gasteiger partial charge in [-0.15, -0.1) is 24.0 Å². The number of piperazine rings is 1. The number of guanidine groups is 1. The third-order valence-corrected chi connectivity index (χ3v) is 6.00. The van der Waals surface area contributed by atoms with Gasteiger partial charge in [0.05, 0.1) is 25.1 Å². The third-order valence-electron chi connectivity index (χ3n) is 4.16. The number of carbonyl (C=O) groups excluding carboxylic acids is 1. The monoisotopic (exact) mass is 548 g/mol. The van der Waals surface area contributed by atoms with Crippen molar-refractivity contribution in [3.8, 4) is 0 Å². The van der Waals surface area contributed by atoms with Gasteiger partial charge in [0.2, 0.25) is 10.0 Å². The van der Waals surface area contributed by atoms with E-state index in [-0.39, 0.29) is 48.4 Å². The molecule has 0 atom stereocenters. The van der Waals surface area contributed by atoms with Crippen LogP contribution >= 0.6 is 24.0 Å². The number of hydrogen-bond donors (Lipinski definition) is 1. The summed E-state index contributed by atoms with van der Waals surface area (Å²) in [6.45, 7) is 11.4. The number of ether oxygens (including phenoxy) is 2. The zero-order valence-corrected chi connectivity index (χ0v) is 21.2. The highest BCUT2D eigenvalue weighted by Crippen LogP contribution is 2.09. The fourth-order valence-electron chi connectivity index (χ4n) is 2.76. The Hall–Kier alpha value is -0.660. The Morgan fingerprint density at radius 3 is 2.38 bits per heavy atom. The Morgan fingerprint density at radius 2 is 1.83 bits per heavy atom. The lowest BCUT2D eigenvalue weighted by molar-refractivity contribution is -0.143. The minimum absolute atomic E-state index is 0. The maximum atomic E-state index is 12.4. The molecular weight excluding hydrogens is 511 g/mol. The zero-order chi connectivity index (χ0) is 21.0. The second kappa shape index (κ2) is 15.2. The van der Waals surface area contributed by atoms with Crippen molar-refractivity contribution in [3.05, 3.63) is 0 Å². The molecule has 0 aromatic rings. The Labute approximate surface area is 192 Å². The van der Waals surface area contributed by atoms with Gasteiger partial charge in [0.1, 0.15) is 0 Å². The summed E-state index contributed by atoms with van der Waals surface area (Å²) in [5.74, 6) is 0.558. The minimum Gasteiger partial charge on any atom is -0.466 e. The van der Waals surface area contributed by atoms with Crippen molar-refractivity contribution in [2.75, 3.05) is 58.2 Å². The van der Waals surface area contributed by atoms with Crippen LogP contribution in [0.4, 0.5) is 0 Å². The Kier molecular flexibility index (Phi) is 14.8. The van der Waals surface area contributed by atoms with E-state index in [2.05, 4.69) is 15.2 Å². The molecule has 1 rings (SSSR count). The first-order valence-electron chi connectivity index (χ1n) is 10.1. The van der Waals surface area contributed by atoms with Gasteiger partial charge >= 0.3 is 5.97 Å². The third kappa shape index (κ3) is 11.3. The van der Waals surface area contributed by atoms with Crippen molar-refractivity contribution in [3.63, 3.8) is 0 Å². The first-order valence-corrected chi connectivity index (χ1v) is 11.7. The van der Waals surface area contributed by atoms with E-state index in [1.165, 1.54) is 4.31 Å². The van der Waals surface area contributed by atoms with Crippen molar-refractivity contribution in [1.82, 2.24) is 14.5 Å². The molecule has 1 heterocycles. The second-order valence-electron chi connectivity index (χ2n) is 6.77. The summed E-state index contributed by atoms with van der Waals surface area (Å²) in [6.07, 6.45) is 0.994. The smallest absolute Gasteiger partial charge is 0.305 e. The minimum atomic E-state index is -3.31. The van der Waals surface area contributed by atoms with Gasteiger partial charge in [0.25, 0.3) is 0 Å². The quantitative estimate of drug-likeness (QED) is 0.137. The molecule has 0 unspecified atom stereocenters. The van der Waals surface area contributed by atoms with Gasteiger partial charge in [0.15, 0.2) is 5.96 Å². The largest absolute Gasteiger partial charge is 0.466 e. The first-order chi connectivity index (χ1) is 13.3. The van der Waals surface area contributed by atoms with Gasteiger partial charge in [-0.05, 0) is 34.1 Å². The highest BCUT2D eigenvalue weighted by atomic mass is 127. The molecule has 1 fully saturated rings.